The highest BCUT2D eigenvalue weighted by Crippen LogP contribution is 2.27. The molecule has 2 aromatic carbocycles. The molecule has 21 heavy (non-hydrogen) atoms. The van der Waals surface area contributed by atoms with Crippen LogP contribution >= 0.6 is 0 Å². The Morgan fingerprint density at radius 2 is 1.57 bits per heavy atom. The van der Waals surface area contributed by atoms with Crippen LogP contribution in [0.5, 0.6) is 11.5 Å². The number of rotatable bonds is 7. The molecule has 0 bridgehead atoms. The van der Waals surface area contributed by atoms with Gasteiger partial charge in [-0.25, -0.2) is 0 Å². The quantitative estimate of drug-likeness (QED) is 0.685. The fourth-order valence-electron chi connectivity index (χ4n) is 2.14. The Hall–Kier alpha value is -2.04. The lowest BCUT2D eigenvalue weighted by atomic mass is 10.1. The van der Waals surface area contributed by atoms with Crippen molar-refractivity contribution in [2.75, 3.05) is 6.61 Å². The van der Waals surface area contributed by atoms with Crippen molar-refractivity contribution in [3.8, 4) is 11.5 Å². The Bertz CT molecular complexity index is 584. The van der Waals surface area contributed by atoms with Gasteiger partial charge in [0.25, 0.3) is 0 Å². The van der Waals surface area contributed by atoms with Crippen LogP contribution in [0.15, 0.2) is 42.5 Å². The van der Waals surface area contributed by atoms with Crippen LogP contribution in [-0.2, 0) is 24.4 Å². The Kier molecular flexibility index (Phi) is 5.60. The van der Waals surface area contributed by atoms with E-state index in [1.165, 1.54) is 11.6 Å². The van der Waals surface area contributed by atoms with Gasteiger partial charge in [-0.2, -0.15) is 0 Å². The summed E-state index contributed by atoms with van der Waals surface area (Å²) in [6.07, 6.45) is 0. The number of benzene rings is 2. The predicted octanol–water partition coefficient (Wildman–Crippen LogP) is 2.92. The van der Waals surface area contributed by atoms with E-state index in [4.69, 9.17) is 4.74 Å². The number of phenolic OH excluding ortho intramolecular Hbond substituents is 2. The fraction of sp³-hybridized carbons (Fsp3) is 0.294. The summed E-state index contributed by atoms with van der Waals surface area (Å²) in [5, 5.41) is 22.5. The van der Waals surface area contributed by atoms with Gasteiger partial charge in [0.15, 0.2) is 11.5 Å². The standard InChI is InChI=1S/C17H21NO3/c1-2-21-12-15-7-4-3-6-13(15)10-18-11-14-8-5-9-16(19)17(14)20/h3-9,18-20H,2,10-12H2,1H3. The predicted molar refractivity (Wildman–Crippen MR) is 82.1 cm³/mol. The van der Waals surface area contributed by atoms with Crippen LogP contribution in [0.25, 0.3) is 0 Å². The van der Waals surface area contributed by atoms with E-state index in [9.17, 15) is 10.2 Å². The maximum Gasteiger partial charge on any atom is 0.161 e. The molecule has 4 heteroatoms. The summed E-state index contributed by atoms with van der Waals surface area (Å²) in [4.78, 5) is 0. The van der Waals surface area contributed by atoms with Gasteiger partial charge in [-0.3, -0.25) is 0 Å². The molecule has 0 saturated carbocycles. The minimum Gasteiger partial charge on any atom is -0.504 e. The second kappa shape index (κ2) is 7.67. The molecule has 4 nitrogen and oxygen atoms in total. The van der Waals surface area contributed by atoms with Crippen LogP contribution < -0.4 is 5.32 Å². The monoisotopic (exact) mass is 287 g/mol. The summed E-state index contributed by atoms with van der Waals surface area (Å²) >= 11 is 0. The third kappa shape index (κ3) is 4.21. The Labute approximate surface area is 125 Å². The van der Waals surface area contributed by atoms with Gasteiger partial charge in [-0.15, -0.1) is 0 Å². The maximum absolute atomic E-state index is 9.76. The molecule has 0 heterocycles. The van der Waals surface area contributed by atoms with E-state index in [1.54, 1.807) is 12.1 Å². The van der Waals surface area contributed by atoms with Gasteiger partial charge in [-0.05, 0) is 24.1 Å². The summed E-state index contributed by atoms with van der Waals surface area (Å²) in [6.45, 7) is 4.44. The molecule has 2 aromatic rings. The van der Waals surface area contributed by atoms with Gasteiger partial charge in [0.2, 0.25) is 0 Å². The van der Waals surface area contributed by atoms with E-state index in [2.05, 4.69) is 17.4 Å². The van der Waals surface area contributed by atoms with E-state index < -0.39 is 0 Å². The van der Waals surface area contributed by atoms with Crippen molar-refractivity contribution in [1.82, 2.24) is 5.32 Å². The van der Waals surface area contributed by atoms with E-state index in [1.807, 2.05) is 19.1 Å². The minimum absolute atomic E-state index is 0.0624. The molecular weight excluding hydrogens is 266 g/mol. The summed E-state index contributed by atoms with van der Waals surface area (Å²) < 4.78 is 5.46. The van der Waals surface area contributed by atoms with Crippen molar-refractivity contribution in [2.45, 2.75) is 26.6 Å². The van der Waals surface area contributed by atoms with E-state index in [0.717, 1.165) is 5.56 Å². The van der Waals surface area contributed by atoms with Crippen LogP contribution in [0.4, 0.5) is 0 Å². The van der Waals surface area contributed by atoms with Crippen LogP contribution in [0.2, 0.25) is 0 Å². The lowest BCUT2D eigenvalue weighted by Crippen LogP contribution is -2.14. The van der Waals surface area contributed by atoms with Crippen molar-refractivity contribution in [2.24, 2.45) is 0 Å². The van der Waals surface area contributed by atoms with Gasteiger partial charge < -0.3 is 20.3 Å². The van der Waals surface area contributed by atoms with E-state index in [0.29, 0.717) is 31.9 Å². The summed E-state index contributed by atoms with van der Waals surface area (Å²) in [5.41, 5.74) is 3.01. The highest BCUT2D eigenvalue weighted by molar-refractivity contribution is 5.44. The van der Waals surface area contributed by atoms with Gasteiger partial charge in [0.05, 0.1) is 6.61 Å². The van der Waals surface area contributed by atoms with E-state index >= 15 is 0 Å². The average molecular weight is 287 g/mol. The van der Waals surface area contributed by atoms with Crippen molar-refractivity contribution in [3.63, 3.8) is 0 Å². The first-order valence-electron chi connectivity index (χ1n) is 7.07. The summed E-state index contributed by atoms with van der Waals surface area (Å²) in [6, 6.07) is 13.1. The topological polar surface area (TPSA) is 61.7 Å². The molecule has 3 N–H and O–H groups in total. The Morgan fingerprint density at radius 3 is 2.33 bits per heavy atom. The molecule has 0 saturated heterocycles. The molecule has 0 fully saturated rings. The second-order valence-electron chi connectivity index (χ2n) is 4.79. The number of hydrogen-bond acceptors (Lipinski definition) is 4. The molecule has 0 aromatic heterocycles. The zero-order chi connectivity index (χ0) is 15.1. The maximum atomic E-state index is 9.76. The fourth-order valence-corrected chi connectivity index (χ4v) is 2.14. The Morgan fingerprint density at radius 1 is 0.905 bits per heavy atom. The molecule has 0 aliphatic carbocycles. The Balaban J connectivity index is 1.95. The summed E-state index contributed by atoms with van der Waals surface area (Å²) in [7, 11) is 0. The first-order valence-corrected chi connectivity index (χ1v) is 7.07. The van der Waals surface area contributed by atoms with Crippen LogP contribution in [-0.4, -0.2) is 16.8 Å². The molecule has 0 aliphatic heterocycles. The van der Waals surface area contributed by atoms with Crippen molar-refractivity contribution >= 4 is 0 Å². The molecular formula is C17H21NO3. The zero-order valence-electron chi connectivity index (χ0n) is 12.2. The van der Waals surface area contributed by atoms with Gasteiger partial charge in [0.1, 0.15) is 0 Å². The molecule has 0 amide bonds. The molecule has 112 valence electrons. The van der Waals surface area contributed by atoms with Crippen molar-refractivity contribution < 1.29 is 14.9 Å². The molecule has 0 aliphatic rings. The molecule has 0 atom stereocenters. The molecule has 0 radical (unpaired) electrons. The molecule has 0 spiro atoms. The van der Waals surface area contributed by atoms with Crippen LogP contribution in [0.3, 0.4) is 0 Å². The van der Waals surface area contributed by atoms with Crippen molar-refractivity contribution in [3.05, 3.63) is 59.2 Å². The SMILES string of the molecule is CCOCc1ccccc1CNCc1cccc(O)c1O. The first kappa shape index (κ1) is 15.4. The van der Waals surface area contributed by atoms with Crippen molar-refractivity contribution in [1.29, 1.82) is 0 Å². The third-order valence-electron chi connectivity index (χ3n) is 3.31. The third-order valence-corrected chi connectivity index (χ3v) is 3.31. The molecule has 0 unspecified atom stereocenters. The lowest BCUT2D eigenvalue weighted by molar-refractivity contribution is 0.133. The normalized spacial score (nSPS) is 10.7. The van der Waals surface area contributed by atoms with E-state index in [-0.39, 0.29) is 11.5 Å². The average Bonchev–Trinajstić information content (AvgIpc) is 2.50. The van der Waals surface area contributed by atoms with Crippen LogP contribution in [0.1, 0.15) is 23.6 Å². The largest absolute Gasteiger partial charge is 0.504 e. The number of para-hydroxylation sites is 1. The first-order chi connectivity index (χ1) is 10.2. The number of ether oxygens (including phenoxy) is 1. The summed E-state index contributed by atoms with van der Waals surface area (Å²) in [5.74, 6) is -0.154. The number of aromatic hydroxyl groups is 2. The van der Waals surface area contributed by atoms with Gasteiger partial charge in [-0.1, -0.05) is 36.4 Å². The van der Waals surface area contributed by atoms with Gasteiger partial charge in [0, 0.05) is 25.3 Å². The molecule has 2 rings (SSSR count). The number of hydrogen-bond donors (Lipinski definition) is 3. The second-order valence-corrected chi connectivity index (χ2v) is 4.79. The van der Waals surface area contributed by atoms with Crippen LogP contribution in [0, 0.1) is 0 Å². The highest BCUT2D eigenvalue weighted by atomic mass is 16.5. The highest BCUT2D eigenvalue weighted by Gasteiger charge is 2.06. The lowest BCUT2D eigenvalue weighted by Gasteiger charge is -2.11. The zero-order valence-corrected chi connectivity index (χ0v) is 12.2. The smallest absolute Gasteiger partial charge is 0.161 e. The minimum atomic E-state index is -0.0916. The van der Waals surface area contributed by atoms with Gasteiger partial charge >= 0.3 is 0 Å². The number of phenols is 2. The number of nitrogens with one attached hydrogen (secondary N) is 1.